The third-order valence-corrected chi connectivity index (χ3v) is 4.94. The molecule has 1 aromatic heterocycles. The van der Waals surface area contributed by atoms with Gasteiger partial charge in [-0.3, -0.25) is 9.69 Å². The van der Waals surface area contributed by atoms with E-state index in [1.807, 2.05) is 37.3 Å². The van der Waals surface area contributed by atoms with E-state index in [1.165, 1.54) is 0 Å². The molecule has 3 aromatic rings. The van der Waals surface area contributed by atoms with Gasteiger partial charge in [-0.25, -0.2) is 4.79 Å². The Balaban J connectivity index is 1.55. The molecule has 0 bridgehead atoms. The molecule has 1 N–H and O–H groups in total. The number of carbonyl (C=O) groups excluding carboxylic acids is 2. The van der Waals surface area contributed by atoms with Gasteiger partial charge in [0.05, 0.1) is 11.6 Å². The van der Waals surface area contributed by atoms with Gasteiger partial charge in [-0.15, -0.1) is 0 Å². The van der Waals surface area contributed by atoms with Crippen molar-refractivity contribution in [2.24, 2.45) is 0 Å². The fourth-order valence-electron chi connectivity index (χ4n) is 3.19. The van der Waals surface area contributed by atoms with Crippen LogP contribution >= 0.6 is 0 Å². The van der Waals surface area contributed by atoms with Crippen molar-refractivity contribution >= 4 is 11.9 Å². The van der Waals surface area contributed by atoms with Crippen molar-refractivity contribution in [3.63, 3.8) is 0 Å². The average molecular weight is 387 g/mol. The van der Waals surface area contributed by atoms with Gasteiger partial charge in [-0.2, -0.15) is 10.2 Å². The molecule has 3 amide bonds. The molecule has 1 atom stereocenters. The van der Waals surface area contributed by atoms with E-state index in [-0.39, 0.29) is 12.4 Å². The number of hydrogen-bond acceptors (Lipinski definition) is 6. The third kappa shape index (κ3) is 3.23. The summed E-state index contributed by atoms with van der Waals surface area (Å²) in [7, 11) is 0. The molecule has 1 aliphatic heterocycles. The Morgan fingerprint density at radius 2 is 1.83 bits per heavy atom. The SMILES string of the molecule is Cc1ccc(-c2noc(CN3C(=O)NC(C)(c4ccc(C#N)cc4)C3=O)n2)cc1. The van der Waals surface area contributed by atoms with Crippen LogP contribution in [0.2, 0.25) is 0 Å². The number of amides is 3. The van der Waals surface area contributed by atoms with Gasteiger partial charge < -0.3 is 9.84 Å². The summed E-state index contributed by atoms with van der Waals surface area (Å²) in [6.45, 7) is 3.48. The maximum atomic E-state index is 13.0. The number of urea groups is 1. The fraction of sp³-hybridized carbons (Fsp3) is 0.190. The zero-order chi connectivity index (χ0) is 20.6. The van der Waals surface area contributed by atoms with Crippen LogP contribution in [0.3, 0.4) is 0 Å². The number of nitriles is 1. The van der Waals surface area contributed by atoms with Crippen LogP contribution in [0.25, 0.3) is 11.4 Å². The zero-order valence-electron chi connectivity index (χ0n) is 15.8. The first-order chi connectivity index (χ1) is 13.9. The summed E-state index contributed by atoms with van der Waals surface area (Å²) < 4.78 is 5.24. The molecule has 0 aliphatic carbocycles. The van der Waals surface area contributed by atoms with Crippen molar-refractivity contribution in [2.45, 2.75) is 25.9 Å². The lowest BCUT2D eigenvalue weighted by Gasteiger charge is -2.21. The minimum absolute atomic E-state index is 0.130. The highest BCUT2D eigenvalue weighted by Gasteiger charge is 2.49. The largest absolute Gasteiger partial charge is 0.337 e. The molecule has 4 rings (SSSR count). The summed E-state index contributed by atoms with van der Waals surface area (Å²) in [4.78, 5) is 30.8. The smallest absolute Gasteiger partial charge is 0.325 e. The van der Waals surface area contributed by atoms with E-state index < -0.39 is 17.5 Å². The van der Waals surface area contributed by atoms with Crippen LogP contribution in [0.4, 0.5) is 4.79 Å². The molecule has 8 nitrogen and oxygen atoms in total. The minimum atomic E-state index is -1.23. The summed E-state index contributed by atoms with van der Waals surface area (Å²) in [5.74, 6) is 0.123. The van der Waals surface area contributed by atoms with Crippen LogP contribution in [0.1, 0.15) is 29.5 Å². The standard InChI is InChI=1S/C21H17N5O3/c1-13-3-7-15(8-4-13)18-23-17(29-25-18)12-26-19(27)21(2,24-20(26)28)16-9-5-14(11-22)6-10-16/h3-10H,12H2,1-2H3,(H,24,28). The van der Waals surface area contributed by atoms with Crippen LogP contribution in [0, 0.1) is 18.3 Å². The Morgan fingerprint density at radius 1 is 1.14 bits per heavy atom. The summed E-state index contributed by atoms with van der Waals surface area (Å²) >= 11 is 0. The summed E-state index contributed by atoms with van der Waals surface area (Å²) in [6.07, 6.45) is 0. The topological polar surface area (TPSA) is 112 Å². The molecule has 2 heterocycles. The van der Waals surface area contributed by atoms with E-state index in [0.717, 1.165) is 16.0 Å². The molecule has 144 valence electrons. The van der Waals surface area contributed by atoms with Crippen LogP contribution < -0.4 is 5.32 Å². The molecule has 0 radical (unpaired) electrons. The molecule has 1 fully saturated rings. The second-order valence-corrected chi connectivity index (χ2v) is 7.01. The number of nitrogens with one attached hydrogen (secondary N) is 1. The number of carbonyl (C=O) groups is 2. The number of benzene rings is 2. The van der Waals surface area contributed by atoms with Gasteiger partial charge in [-0.05, 0) is 31.5 Å². The predicted octanol–water partition coefficient (Wildman–Crippen LogP) is 2.88. The van der Waals surface area contributed by atoms with Crippen LogP contribution in [0.5, 0.6) is 0 Å². The number of rotatable bonds is 4. The average Bonchev–Trinajstić information content (AvgIpc) is 3.28. The highest BCUT2D eigenvalue weighted by molar-refractivity contribution is 6.07. The van der Waals surface area contributed by atoms with E-state index in [9.17, 15) is 9.59 Å². The van der Waals surface area contributed by atoms with E-state index in [0.29, 0.717) is 17.0 Å². The van der Waals surface area contributed by atoms with Gasteiger partial charge in [0.1, 0.15) is 12.1 Å². The number of imide groups is 1. The number of aromatic nitrogens is 2. The second-order valence-electron chi connectivity index (χ2n) is 7.01. The monoisotopic (exact) mass is 387 g/mol. The zero-order valence-corrected chi connectivity index (χ0v) is 15.8. The molecule has 1 aliphatic rings. The van der Waals surface area contributed by atoms with Crippen molar-refractivity contribution in [1.82, 2.24) is 20.4 Å². The van der Waals surface area contributed by atoms with Gasteiger partial charge in [0.15, 0.2) is 0 Å². The first-order valence-corrected chi connectivity index (χ1v) is 8.95. The molecule has 1 unspecified atom stereocenters. The summed E-state index contributed by atoms with van der Waals surface area (Å²) in [6, 6.07) is 15.6. The van der Waals surface area contributed by atoms with Crippen molar-refractivity contribution < 1.29 is 14.1 Å². The number of hydrogen-bond donors (Lipinski definition) is 1. The Labute approximate surface area is 166 Å². The van der Waals surface area contributed by atoms with Crippen molar-refractivity contribution in [3.05, 3.63) is 71.1 Å². The van der Waals surface area contributed by atoms with E-state index in [2.05, 4.69) is 15.5 Å². The molecule has 1 saturated heterocycles. The number of nitrogens with zero attached hydrogens (tertiary/aromatic N) is 4. The van der Waals surface area contributed by atoms with Gasteiger partial charge in [-0.1, -0.05) is 47.1 Å². The predicted molar refractivity (Wildman–Crippen MR) is 102 cm³/mol. The van der Waals surface area contributed by atoms with Crippen LogP contribution in [-0.2, 0) is 16.9 Å². The lowest BCUT2D eigenvalue weighted by atomic mass is 9.91. The first-order valence-electron chi connectivity index (χ1n) is 8.95. The first kappa shape index (κ1) is 18.4. The maximum absolute atomic E-state index is 13.0. The normalized spacial score (nSPS) is 18.6. The lowest BCUT2D eigenvalue weighted by Crippen LogP contribution is -2.40. The molecule has 8 heteroatoms. The van der Waals surface area contributed by atoms with Crippen molar-refractivity contribution in [2.75, 3.05) is 0 Å². The van der Waals surface area contributed by atoms with Crippen LogP contribution in [-0.4, -0.2) is 27.0 Å². The Kier molecular flexibility index (Phi) is 4.35. The van der Waals surface area contributed by atoms with Crippen LogP contribution in [0.15, 0.2) is 53.1 Å². The molecule has 0 spiro atoms. The maximum Gasteiger partial charge on any atom is 0.325 e. The third-order valence-electron chi connectivity index (χ3n) is 4.94. The quantitative estimate of drug-likeness (QED) is 0.689. The van der Waals surface area contributed by atoms with E-state index in [4.69, 9.17) is 9.78 Å². The molecule has 0 saturated carbocycles. The van der Waals surface area contributed by atoms with Gasteiger partial charge in [0, 0.05) is 5.56 Å². The van der Waals surface area contributed by atoms with Crippen molar-refractivity contribution in [3.8, 4) is 17.5 Å². The Morgan fingerprint density at radius 3 is 2.48 bits per heavy atom. The Bertz CT molecular complexity index is 1130. The summed E-state index contributed by atoms with van der Waals surface area (Å²) in [5, 5.41) is 15.6. The summed E-state index contributed by atoms with van der Waals surface area (Å²) in [5.41, 5.74) is 1.72. The molecule has 2 aromatic carbocycles. The highest BCUT2D eigenvalue weighted by Crippen LogP contribution is 2.30. The van der Waals surface area contributed by atoms with E-state index >= 15 is 0 Å². The van der Waals surface area contributed by atoms with Gasteiger partial charge in [0.2, 0.25) is 11.7 Å². The highest BCUT2D eigenvalue weighted by atomic mass is 16.5. The van der Waals surface area contributed by atoms with E-state index in [1.54, 1.807) is 31.2 Å². The molecular weight excluding hydrogens is 370 g/mol. The Hall–Kier alpha value is -3.99. The second kappa shape index (κ2) is 6.87. The fourth-order valence-corrected chi connectivity index (χ4v) is 3.19. The van der Waals surface area contributed by atoms with Crippen molar-refractivity contribution in [1.29, 1.82) is 5.26 Å². The molecular formula is C21H17N5O3. The minimum Gasteiger partial charge on any atom is -0.337 e. The lowest BCUT2D eigenvalue weighted by molar-refractivity contribution is -0.131. The van der Waals surface area contributed by atoms with Gasteiger partial charge >= 0.3 is 6.03 Å². The molecule has 29 heavy (non-hydrogen) atoms. The van der Waals surface area contributed by atoms with Gasteiger partial charge in [0.25, 0.3) is 5.91 Å². The number of aryl methyl sites for hydroxylation is 1.